The van der Waals surface area contributed by atoms with Crippen molar-refractivity contribution in [2.75, 3.05) is 0 Å². The summed E-state index contributed by atoms with van der Waals surface area (Å²) in [5, 5.41) is 0. The molecule has 0 spiro atoms. The molecule has 0 bridgehead atoms. The zero-order valence-corrected chi connectivity index (χ0v) is 12.2. The summed E-state index contributed by atoms with van der Waals surface area (Å²) in [5.41, 5.74) is 2.30. The fourth-order valence-electron chi connectivity index (χ4n) is 2.15. The predicted molar refractivity (Wildman–Crippen MR) is 84.9 cm³/mol. The Labute approximate surface area is 126 Å². The molecule has 0 saturated carbocycles. The summed E-state index contributed by atoms with van der Waals surface area (Å²) in [6, 6.07) is 20.1. The molecule has 2 aromatic rings. The van der Waals surface area contributed by atoms with Gasteiger partial charge in [0.15, 0.2) is 0 Å². The minimum absolute atomic E-state index is 0.267. The molecule has 0 heterocycles. The van der Waals surface area contributed by atoms with Crippen LogP contribution in [-0.2, 0) is 16.0 Å². The van der Waals surface area contributed by atoms with Crippen LogP contribution in [0.25, 0.3) is 0 Å². The lowest BCUT2D eigenvalue weighted by Crippen LogP contribution is -2.06. The minimum atomic E-state index is -0.306. The van der Waals surface area contributed by atoms with Crippen LogP contribution in [0, 0.1) is 0 Å². The van der Waals surface area contributed by atoms with Crippen LogP contribution in [0.5, 0.6) is 0 Å². The topological polar surface area (TPSA) is 26.3 Å². The van der Waals surface area contributed by atoms with E-state index in [0.29, 0.717) is 0 Å². The molecule has 0 aliphatic heterocycles. The van der Waals surface area contributed by atoms with Crippen LogP contribution < -0.4 is 0 Å². The van der Waals surface area contributed by atoms with Gasteiger partial charge in [0.05, 0.1) is 0 Å². The van der Waals surface area contributed by atoms with Crippen LogP contribution in [0.3, 0.4) is 0 Å². The average Bonchev–Trinajstić information content (AvgIpc) is 2.52. The van der Waals surface area contributed by atoms with Gasteiger partial charge < -0.3 is 4.74 Å². The molecule has 0 aliphatic carbocycles. The van der Waals surface area contributed by atoms with Crippen molar-refractivity contribution in [1.82, 2.24) is 0 Å². The Balaban J connectivity index is 1.95. The lowest BCUT2D eigenvalue weighted by atomic mass is 10.1. The lowest BCUT2D eigenvalue weighted by molar-refractivity contribution is -0.144. The Morgan fingerprint density at radius 1 is 1.05 bits per heavy atom. The second-order valence-corrected chi connectivity index (χ2v) is 4.89. The van der Waals surface area contributed by atoms with Gasteiger partial charge in [-0.25, -0.2) is 0 Å². The molecular formula is C19H20O2. The summed E-state index contributed by atoms with van der Waals surface area (Å²) in [5.74, 6) is -0.267. The third-order valence-electron chi connectivity index (χ3n) is 3.17. The van der Waals surface area contributed by atoms with Crippen LogP contribution in [0.1, 0.15) is 30.6 Å². The SMILES string of the molecule is CC(=O)OC(/C=C/CCc1ccccc1)c1ccccc1. The zero-order valence-electron chi connectivity index (χ0n) is 12.2. The van der Waals surface area contributed by atoms with Gasteiger partial charge in [-0.15, -0.1) is 0 Å². The molecule has 2 nitrogen and oxygen atoms in total. The quantitative estimate of drug-likeness (QED) is 0.576. The summed E-state index contributed by atoms with van der Waals surface area (Å²) in [4.78, 5) is 11.2. The second kappa shape index (κ2) is 8.05. The van der Waals surface area contributed by atoms with Gasteiger partial charge in [0.1, 0.15) is 6.10 Å². The molecule has 0 radical (unpaired) electrons. The van der Waals surface area contributed by atoms with Crippen molar-refractivity contribution in [2.24, 2.45) is 0 Å². The Bertz CT molecular complexity index is 573. The number of carbonyl (C=O) groups excluding carboxylic acids is 1. The molecule has 1 atom stereocenters. The molecule has 2 rings (SSSR count). The molecule has 0 amide bonds. The molecule has 0 N–H and O–H groups in total. The first-order valence-electron chi connectivity index (χ1n) is 7.18. The van der Waals surface area contributed by atoms with E-state index in [0.717, 1.165) is 18.4 Å². The van der Waals surface area contributed by atoms with E-state index in [1.165, 1.54) is 12.5 Å². The normalized spacial score (nSPS) is 12.2. The third kappa shape index (κ3) is 5.27. The number of hydrogen-bond acceptors (Lipinski definition) is 2. The van der Waals surface area contributed by atoms with Gasteiger partial charge in [0, 0.05) is 6.92 Å². The molecule has 0 saturated heterocycles. The van der Waals surface area contributed by atoms with Gasteiger partial charge in [0.25, 0.3) is 0 Å². The van der Waals surface area contributed by atoms with Gasteiger partial charge >= 0.3 is 5.97 Å². The average molecular weight is 280 g/mol. The highest BCUT2D eigenvalue weighted by Crippen LogP contribution is 2.19. The maximum Gasteiger partial charge on any atom is 0.303 e. The van der Waals surface area contributed by atoms with Gasteiger partial charge in [-0.1, -0.05) is 66.7 Å². The molecular weight excluding hydrogens is 260 g/mol. The standard InChI is InChI=1S/C19H20O2/c1-16(20)21-19(18-13-6-3-7-14-18)15-9-8-12-17-10-4-2-5-11-17/h2-7,9-11,13-15,19H,8,12H2,1H3/b15-9+. The maximum atomic E-state index is 11.2. The second-order valence-electron chi connectivity index (χ2n) is 4.89. The largest absolute Gasteiger partial charge is 0.453 e. The number of carbonyl (C=O) groups is 1. The van der Waals surface area contributed by atoms with E-state index >= 15 is 0 Å². The van der Waals surface area contributed by atoms with Crippen molar-refractivity contribution in [3.8, 4) is 0 Å². The van der Waals surface area contributed by atoms with Crippen LogP contribution in [0.15, 0.2) is 72.8 Å². The van der Waals surface area contributed by atoms with Gasteiger partial charge in [0.2, 0.25) is 0 Å². The number of allylic oxidation sites excluding steroid dienone is 1. The van der Waals surface area contributed by atoms with Crippen LogP contribution in [0.4, 0.5) is 0 Å². The fraction of sp³-hybridized carbons (Fsp3) is 0.211. The highest BCUT2D eigenvalue weighted by Gasteiger charge is 2.10. The summed E-state index contributed by atoms with van der Waals surface area (Å²) in [6.45, 7) is 1.44. The fourth-order valence-corrected chi connectivity index (χ4v) is 2.15. The van der Waals surface area contributed by atoms with Crippen molar-refractivity contribution >= 4 is 5.97 Å². The Morgan fingerprint density at radius 2 is 1.67 bits per heavy atom. The summed E-state index contributed by atoms with van der Waals surface area (Å²) in [6.07, 6.45) is 5.64. The number of ether oxygens (including phenoxy) is 1. The Kier molecular flexibility index (Phi) is 5.77. The predicted octanol–water partition coefficient (Wildman–Crippen LogP) is 4.48. The Hall–Kier alpha value is -2.35. The molecule has 0 aromatic heterocycles. The van der Waals surface area contributed by atoms with E-state index in [-0.39, 0.29) is 12.1 Å². The molecule has 0 aliphatic rings. The number of benzene rings is 2. The highest BCUT2D eigenvalue weighted by molar-refractivity contribution is 5.66. The Morgan fingerprint density at radius 3 is 2.29 bits per heavy atom. The summed E-state index contributed by atoms with van der Waals surface area (Å²) in [7, 11) is 0. The number of esters is 1. The highest BCUT2D eigenvalue weighted by atomic mass is 16.5. The lowest BCUT2D eigenvalue weighted by Gasteiger charge is -2.13. The number of rotatable bonds is 6. The van der Waals surface area contributed by atoms with Gasteiger partial charge in [-0.2, -0.15) is 0 Å². The minimum Gasteiger partial charge on any atom is -0.453 e. The van der Waals surface area contributed by atoms with Crippen LogP contribution in [-0.4, -0.2) is 5.97 Å². The number of aryl methyl sites for hydroxylation is 1. The molecule has 21 heavy (non-hydrogen) atoms. The van der Waals surface area contributed by atoms with Crippen LogP contribution in [0.2, 0.25) is 0 Å². The number of hydrogen-bond donors (Lipinski definition) is 0. The van der Waals surface area contributed by atoms with Crippen molar-refractivity contribution in [3.05, 3.63) is 83.9 Å². The molecule has 0 fully saturated rings. The van der Waals surface area contributed by atoms with Crippen LogP contribution >= 0.6 is 0 Å². The summed E-state index contributed by atoms with van der Waals surface area (Å²) >= 11 is 0. The summed E-state index contributed by atoms with van der Waals surface area (Å²) < 4.78 is 5.36. The van der Waals surface area contributed by atoms with Crippen molar-refractivity contribution in [2.45, 2.75) is 25.9 Å². The molecule has 108 valence electrons. The first kappa shape index (κ1) is 15.0. The monoisotopic (exact) mass is 280 g/mol. The van der Waals surface area contributed by atoms with E-state index in [9.17, 15) is 4.79 Å². The van der Waals surface area contributed by atoms with Crippen molar-refractivity contribution in [1.29, 1.82) is 0 Å². The van der Waals surface area contributed by atoms with Gasteiger partial charge in [-0.3, -0.25) is 4.79 Å². The van der Waals surface area contributed by atoms with E-state index in [1.54, 1.807) is 0 Å². The third-order valence-corrected chi connectivity index (χ3v) is 3.17. The zero-order chi connectivity index (χ0) is 14.9. The first-order chi connectivity index (χ1) is 10.3. The van der Waals surface area contributed by atoms with Crippen molar-refractivity contribution < 1.29 is 9.53 Å². The van der Waals surface area contributed by atoms with E-state index in [2.05, 4.69) is 18.2 Å². The molecule has 2 aromatic carbocycles. The smallest absolute Gasteiger partial charge is 0.303 e. The maximum absolute atomic E-state index is 11.2. The molecule has 1 unspecified atom stereocenters. The first-order valence-corrected chi connectivity index (χ1v) is 7.18. The van der Waals surface area contributed by atoms with E-state index in [4.69, 9.17) is 4.74 Å². The molecule has 2 heteroatoms. The van der Waals surface area contributed by atoms with E-state index in [1.807, 2.05) is 54.6 Å². The van der Waals surface area contributed by atoms with E-state index < -0.39 is 0 Å². The van der Waals surface area contributed by atoms with Crippen molar-refractivity contribution in [3.63, 3.8) is 0 Å². The van der Waals surface area contributed by atoms with Gasteiger partial charge in [-0.05, 0) is 30.0 Å².